The van der Waals surface area contributed by atoms with Crippen LogP contribution in [0.25, 0.3) is 15.7 Å². The summed E-state index contributed by atoms with van der Waals surface area (Å²) in [6, 6.07) is 18.6. The summed E-state index contributed by atoms with van der Waals surface area (Å²) >= 11 is 2.02. The van der Waals surface area contributed by atoms with Gasteiger partial charge in [0, 0.05) is 32.5 Å². The molecule has 5 atom stereocenters. The van der Waals surface area contributed by atoms with Crippen LogP contribution in [0.5, 0.6) is 0 Å². The van der Waals surface area contributed by atoms with Crippen molar-refractivity contribution in [3.05, 3.63) is 208 Å². The predicted molar refractivity (Wildman–Crippen MR) is 334 cm³/mol. The minimum Gasteiger partial charge on any atom is -0.342 e. The molecule has 0 saturated heterocycles. The molecule has 5 aliphatic carbocycles. The third kappa shape index (κ3) is 10.2. The van der Waals surface area contributed by atoms with Crippen LogP contribution in [-0.2, 0) is 5.41 Å². The Kier molecular flexibility index (Phi) is 14.6. The maximum absolute atomic E-state index is 4.98. The Morgan fingerprint density at radius 1 is 0.895 bits per heavy atom. The van der Waals surface area contributed by atoms with E-state index in [4.69, 9.17) is 13.2 Å². The lowest BCUT2D eigenvalue weighted by Crippen LogP contribution is -2.50. The molecule has 1 fully saturated rings. The van der Waals surface area contributed by atoms with Crippen molar-refractivity contribution in [3.63, 3.8) is 0 Å². The summed E-state index contributed by atoms with van der Waals surface area (Å²) in [6.07, 6.45) is 36.2. The zero-order chi connectivity index (χ0) is 54.2. The highest BCUT2D eigenvalue weighted by atomic mass is 32.1. The average Bonchev–Trinajstić information content (AvgIpc) is 3.93. The second kappa shape index (κ2) is 20.5. The van der Waals surface area contributed by atoms with E-state index in [1.807, 2.05) is 11.3 Å². The fourth-order valence-corrected chi connectivity index (χ4v) is 15.1. The van der Waals surface area contributed by atoms with Gasteiger partial charge in [-0.05, 0) is 190 Å². The van der Waals surface area contributed by atoms with Crippen LogP contribution < -0.4 is 9.68 Å². The van der Waals surface area contributed by atoms with E-state index in [0.717, 1.165) is 50.5 Å². The molecule has 2 aromatic carbocycles. The zero-order valence-corrected chi connectivity index (χ0v) is 49.7. The minimum absolute atomic E-state index is 0.00174. The number of anilines is 1. The predicted octanol–water partition coefficient (Wildman–Crippen LogP) is 19.4. The van der Waals surface area contributed by atoms with Gasteiger partial charge in [-0.15, -0.1) is 11.3 Å². The number of fused-ring (bicyclic) bond motifs is 5. The van der Waals surface area contributed by atoms with Gasteiger partial charge in [0.25, 0.3) is 6.71 Å². The molecule has 2 aliphatic heterocycles. The maximum atomic E-state index is 4.98. The second-order valence-corrected chi connectivity index (χ2v) is 28.4. The summed E-state index contributed by atoms with van der Waals surface area (Å²) in [6.45, 7) is 45.6. The number of allylic oxidation sites excluding steroid dienone is 14. The molecule has 0 spiro atoms. The molecule has 3 heterocycles. The average molecular weight is 1030 g/mol. The lowest BCUT2D eigenvalue weighted by molar-refractivity contribution is 0.259. The van der Waals surface area contributed by atoms with Gasteiger partial charge in [-0.3, -0.25) is 0 Å². The number of benzene rings is 2. The van der Waals surface area contributed by atoms with Gasteiger partial charge in [-0.2, -0.15) is 0 Å². The van der Waals surface area contributed by atoms with Gasteiger partial charge < -0.3 is 9.80 Å². The fourth-order valence-electron chi connectivity index (χ4n) is 13.8. The van der Waals surface area contributed by atoms with Crippen LogP contribution in [0, 0.1) is 34.0 Å². The van der Waals surface area contributed by atoms with Gasteiger partial charge in [0.1, 0.15) is 0 Å². The molecule has 0 amide bonds. The summed E-state index contributed by atoms with van der Waals surface area (Å²) in [4.78, 5) is 5.57. The number of hydrogen-bond acceptors (Lipinski definition) is 3. The summed E-state index contributed by atoms with van der Waals surface area (Å²) in [5.41, 5.74) is 20.5. The topological polar surface area (TPSA) is 6.48 Å². The molecule has 5 unspecified atom stereocenters. The molecule has 2 nitrogen and oxygen atoms in total. The number of hydrogen-bond donors (Lipinski definition) is 0. The zero-order valence-electron chi connectivity index (χ0n) is 48.9. The summed E-state index contributed by atoms with van der Waals surface area (Å²) in [5, 5.41) is 1.36. The van der Waals surface area contributed by atoms with E-state index < -0.39 is 0 Å². The molecule has 0 N–H and O–H groups in total. The fraction of sp³-hybridized carbons (Fsp3) is 0.444. The van der Waals surface area contributed by atoms with Gasteiger partial charge in [0.05, 0.1) is 17.8 Å². The quantitative estimate of drug-likeness (QED) is 0.172. The monoisotopic (exact) mass is 1020 g/mol. The Bertz CT molecular complexity index is 3180. The highest BCUT2D eigenvalue weighted by Crippen LogP contribution is 2.54. The second-order valence-electron chi connectivity index (χ2n) is 27.3. The highest BCUT2D eigenvalue weighted by molar-refractivity contribution is 7.31. The van der Waals surface area contributed by atoms with Crippen molar-refractivity contribution in [2.24, 2.45) is 34.0 Å². The SMILES string of the molecule is C=CC1=C(C2=CC3=C(CC2N2C=C4B(C=C2/C=C2\C(=C)C(C)(C)CCC2(C)C)c2sc5ccc(C(C)(C)C)cc5c2N(C2/C=C/C(C)(C)CCC(C)/C=C/C2)/C4=C/C(=C)C)C(C)CCC3C)CCC=C1c1ccccc1. The molecule has 0 bridgehead atoms. The molecule has 76 heavy (non-hydrogen) atoms. The molecule has 7 aliphatic rings. The largest absolute Gasteiger partial charge is 0.342 e. The van der Waals surface area contributed by atoms with Crippen LogP contribution in [-0.4, -0.2) is 23.7 Å². The Hall–Kier alpha value is -5.32. The van der Waals surface area contributed by atoms with E-state index in [9.17, 15) is 0 Å². The first-order valence-corrected chi connectivity index (χ1v) is 30.1. The van der Waals surface area contributed by atoms with Crippen LogP contribution in [0.1, 0.15) is 165 Å². The van der Waals surface area contributed by atoms with Gasteiger partial charge in [0.2, 0.25) is 0 Å². The van der Waals surface area contributed by atoms with E-state index in [-0.39, 0.29) is 40.5 Å². The molecule has 396 valence electrons. The molecular formula is C72H89BN2S. The van der Waals surface area contributed by atoms with Crippen LogP contribution in [0.4, 0.5) is 5.69 Å². The van der Waals surface area contributed by atoms with Crippen molar-refractivity contribution in [2.75, 3.05) is 4.90 Å². The number of nitrogens with zero attached hydrogens (tertiary/aromatic N) is 2. The van der Waals surface area contributed by atoms with Gasteiger partial charge in [-0.25, -0.2) is 0 Å². The van der Waals surface area contributed by atoms with Crippen LogP contribution in [0.3, 0.4) is 0 Å². The first kappa shape index (κ1) is 54.1. The van der Waals surface area contributed by atoms with E-state index in [1.54, 1.807) is 11.1 Å². The van der Waals surface area contributed by atoms with E-state index in [0.29, 0.717) is 17.8 Å². The summed E-state index contributed by atoms with van der Waals surface area (Å²) in [5.74, 6) is 4.28. The Morgan fingerprint density at radius 2 is 1.63 bits per heavy atom. The first-order chi connectivity index (χ1) is 36.0. The third-order valence-corrected chi connectivity index (χ3v) is 20.2. The molecular weight excluding hydrogens is 936 g/mol. The van der Waals surface area contributed by atoms with Crippen molar-refractivity contribution in [3.8, 4) is 0 Å². The summed E-state index contributed by atoms with van der Waals surface area (Å²) < 4.78 is 2.79. The minimum atomic E-state index is -0.0317. The van der Waals surface area contributed by atoms with E-state index >= 15 is 0 Å². The van der Waals surface area contributed by atoms with Gasteiger partial charge in [0.15, 0.2) is 0 Å². The van der Waals surface area contributed by atoms with Crippen molar-refractivity contribution >= 4 is 44.2 Å². The van der Waals surface area contributed by atoms with Crippen molar-refractivity contribution in [2.45, 2.75) is 172 Å². The molecule has 3 aromatic rings. The van der Waals surface area contributed by atoms with Crippen molar-refractivity contribution < 1.29 is 0 Å². The van der Waals surface area contributed by atoms with Crippen LogP contribution >= 0.6 is 11.3 Å². The molecule has 1 aromatic heterocycles. The van der Waals surface area contributed by atoms with E-state index in [1.165, 1.54) is 101 Å². The van der Waals surface area contributed by atoms with Gasteiger partial charge >= 0.3 is 0 Å². The van der Waals surface area contributed by atoms with Gasteiger partial charge in [-0.1, -0.05) is 199 Å². The Labute approximate surface area is 464 Å². The first-order valence-electron chi connectivity index (χ1n) is 29.3. The van der Waals surface area contributed by atoms with Crippen molar-refractivity contribution in [1.82, 2.24) is 4.90 Å². The standard InChI is InChI=1S/C72H89BN2S/c1-17-55-56(51-24-19-18-20-25-51)27-22-28-57(55)60-42-58-48(5)29-30-49(6)59(58)43-64(60)74-45-63-65(39-46(2)3)75(53-26-21-23-47(4)33-35-70(11,12)36-34-53)67-61-40-52(69(8,9)10)31-32-66(61)76-68(67)73(63)44-54(74)41-62-50(7)71(13,14)37-38-72(62,15)16/h17-21,23-25,27,31-32,34,36,39-42,44-45,47-49,53,64H,1-2,7,22,26,28-30,33,35,37-38,43H2,3-6,8-16H3/b23-21+,36-34+,62-41+,65-39+. The Morgan fingerprint density at radius 3 is 2.36 bits per heavy atom. The normalized spacial score (nSPS) is 28.5. The smallest absolute Gasteiger partial charge is 0.256 e. The van der Waals surface area contributed by atoms with Crippen LogP contribution in [0.15, 0.2) is 197 Å². The van der Waals surface area contributed by atoms with Crippen LogP contribution in [0.2, 0.25) is 0 Å². The lowest BCUT2D eigenvalue weighted by atomic mass is 9.39. The highest BCUT2D eigenvalue weighted by Gasteiger charge is 2.46. The van der Waals surface area contributed by atoms with E-state index in [2.05, 4.69) is 222 Å². The number of rotatable bonds is 7. The lowest BCUT2D eigenvalue weighted by Gasteiger charge is -2.48. The molecule has 1 saturated carbocycles. The molecule has 10 rings (SSSR count). The maximum Gasteiger partial charge on any atom is 0.256 e. The molecule has 4 heteroatoms. The summed E-state index contributed by atoms with van der Waals surface area (Å²) in [7, 11) is 0. The third-order valence-electron chi connectivity index (χ3n) is 18.9. The molecule has 0 radical (unpaired) electrons. The Balaban J connectivity index is 1.27. The number of thiophene rings is 1. The van der Waals surface area contributed by atoms with Crippen molar-refractivity contribution in [1.29, 1.82) is 0 Å².